The Morgan fingerprint density at radius 3 is 2.19 bits per heavy atom. The van der Waals surface area contributed by atoms with Gasteiger partial charge in [-0.05, 0) is 37.1 Å². The summed E-state index contributed by atoms with van der Waals surface area (Å²) in [5.74, 6) is 0.163. The fourth-order valence-electron chi connectivity index (χ4n) is 2.54. The second kappa shape index (κ2) is 6.61. The van der Waals surface area contributed by atoms with Crippen LogP contribution in [0.1, 0.15) is 30.1 Å². The number of rotatable bonds is 3. The Bertz CT molecular complexity index is 503. The van der Waals surface area contributed by atoms with Gasteiger partial charge in [-0.3, -0.25) is 9.59 Å². The lowest BCUT2D eigenvalue weighted by Gasteiger charge is -2.32. The summed E-state index contributed by atoms with van der Waals surface area (Å²) in [7, 11) is 3.49. The third-order valence-corrected chi connectivity index (χ3v) is 3.85. The fraction of sp³-hybridized carbons (Fsp3) is 0.500. The Hall–Kier alpha value is -2.04. The maximum Gasteiger partial charge on any atom is 0.253 e. The number of nitrogens with one attached hydrogen (secondary N) is 1. The van der Waals surface area contributed by atoms with Crippen molar-refractivity contribution < 1.29 is 9.59 Å². The van der Waals surface area contributed by atoms with Gasteiger partial charge in [0.05, 0.1) is 0 Å². The summed E-state index contributed by atoms with van der Waals surface area (Å²) in [5.41, 5.74) is 1.71. The van der Waals surface area contributed by atoms with Crippen molar-refractivity contribution in [3.63, 3.8) is 0 Å². The van der Waals surface area contributed by atoms with E-state index >= 15 is 0 Å². The van der Waals surface area contributed by atoms with Crippen molar-refractivity contribution in [1.29, 1.82) is 0 Å². The summed E-state index contributed by atoms with van der Waals surface area (Å²) in [6.07, 6.45) is 1.91. The maximum absolute atomic E-state index is 11.8. The van der Waals surface area contributed by atoms with Crippen molar-refractivity contribution in [2.24, 2.45) is 0 Å². The van der Waals surface area contributed by atoms with Crippen LogP contribution in [-0.4, -0.2) is 54.8 Å². The van der Waals surface area contributed by atoms with E-state index in [0.717, 1.165) is 31.6 Å². The number of hydrogen-bond acceptors (Lipinski definition) is 3. The molecule has 0 unspecified atom stereocenters. The molecule has 1 aliphatic heterocycles. The minimum Gasteiger partial charge on any atom is -0.382 e. The zero-order valence-electron chi connectivity index (χ0n) is 12.9. The molecule has 1 saturated heterocycles. The maximum atomic E-state index is 11.8. The van der Waals surface area contributed by atoms with Gasteiger partial charge < -0.3 is 15.1 Å². The molecule has 5 heteroatoms. The van der Waals surface area contributed by atoms with Crippen LogP contribution < -0.4 is 5.32 Å². The summed E-state index contributed by atoms with van der Waals surface area (Å²) in [4.78, 5) is 26.6. The van der Waals surface area contributed by atoms with E-state index in [4.69, 9.17) is 0 Å². The molecule has 0 radical (unpaired) electrons. The molecule has 1 aromatic carbocycles. The predicted molar refractivity (Wildman–Crippen MR) is 83.4 cm³/mol. The van der Waals surface area contributed by atoms with Gasteiger partial charge in [0, 0.05) is 51.4 Å². The molecule has 1 heterocycles. The molecule has 1 N–H and O–H groups in total. The molecule has 0 aromatic heterocycles. The van der Waals surface area contributed by atoms with E-state index in [1.807, 2.05) is 29.2 Å². The highest BCUT2D eigenvalue weighted by molar-refractivity contribution is 5.94. The van der Waals surface area contributed by atoms with Crippen LogP contribution in [0.5, 0.6) is 0 Å². The average molecular weight is 289 g/mol. The van der Waals surface area contributed by atoms with Crippen molar-refractivity contribution in [1.82, 2.24) is 9.80 Å². The highest BCUT2D eigenvalue weighted by atomic mass is 16.2. The lowest BCUT2D eigenvalue weighted by Crippen LogP contribution is -2.41. The molecule has 0 aliphatic carbocycles. The van der Waals surface area contributed by atoms with E-state index in [9.17, 15) is 9.59 Å². The van der Waals surface area contributed by atoms with Gasteiger partial charge in [-0.1, -0.05) is 0 Å². The number of hydrogen-bond donors (Lipinski definition) is 1. The third-order valence-electron chi connectivity index (χ3n) is 3.85. The number of amides is 2. The Balaban J connectivity index is 1.90. The molecule has 2 rings (SSSR count). The van der Waals surface area contributed by atoms with E-state index < -0.39 is 0 Å². The molecule has 0 spiro atoms. The topological polar surface area (TPSA) is 52.7 Å². The van der Waals surface area contributed by atoms with Crippen molar-refractivity contribution in [2.75, 3.05) is 32.5 Å². The molecule has 1 aromatic rings. The van der Waals surface area contributed by atoms with Crippen LogP contribution in [0.2, 0.25) is 0 Å². The van der Waals surface area contributed by atoms with Crippen molar-refractivity contribution in [2.45, 2.75) is 25.8 Å². The van der Waals surface area contributed by atoms with Gasteiger partial charge >= 0.3 is 0 Å². The van der Waals surface area contributed by atoms with Crippen LogP contribution in [-0.2, 0) is 4.79 Å². The molecular formula is C16H23N3O2. The van der Waals surface area contributed by atoms with Gasteiger partial charge in [0.15, 0.2) is 0 Å². The summed E-state index contributed by atoms with van der Waals surface area (Å²) >= 11 is 0. The van der Waals surface area contributed by atoms with Crippen LogP contribution in [0, 0.1) is 0 Å². The largest absolute Gasteiger partial charge is 0.382 e. The molecule has 114 valence electrons. The van der Waals surface area contributed by atoms with Crippen LogP contribution in [0.4, 0.5) is 5.69 Å². The normalized spacial score (nSPS) is 15.7. The van der Waals surface area contributed by atoms with Gasteiger partial charge in [-0.15, -0.1) is 0 Å². The minimum atomic E-state index is 0.0105. The summed E-state index contributed by atoms with van der Waals surface area (Å²) in [5, 5.41) is 3.47. The molecule has 0 bridgehead atoms. The second-order valence-electron chi connectivity index (χ2n) is 5.70. The molecule has 1 aliphatic rings. The Labute approximate surface area is 125 Å². The van der Waals surface area contributed by atoms with Crippen molar-refractivity contribution in [3.05, 3.63) is 29.8 Å². The van der Waals surface area contributed by atoms with Crippen LogP contribution in [0.15, 0.2) is 24.3 Å². The molecule has 0 saturated carbocycles. The lowest BCUT2D eigenvalue weighted by atomic mass is 10.0. The number of nitrogens with zero attached hydrogens (tertiary/aromatic N) is 2. The van der Waals surface area contributed by atoms with Gasteiger partial charge in [-0.2, -0.15) is 0 Å². The van der Waals surface area contributed by atoms with Crippen LogP contribution >= 0.6 is 0 Å². The van der Waals surface area contributed by atoms with Crippen LogP contribution in [0.3, 0.4) is 0 Å². The number of benzene rings is 1. The first kappa shape index (κ1) is 15.4. The van der Waals surface area contributed by atoms with Gasteiger partial charge in [0.1, 0.15) is 0 Å². The van der Waals surface area contributed by atoms with Crippen molar-refractivity contribution in [3.8, 4) is 0 Å². The summed E-state index contributed by atoms with van der Waals surface area (Å²) < 4.78 is 0. The smallest absolute Gasteiger partial charge is 0.253 e. The Morgan fingerprint density at radius 1 is 1.14 bits per heavy atom. The molecule has 0 atom stereocenters. The molecule has 5 nitrogen and oxygen atoms in total. The van der Waals surface area contributed by atoms with E-state index in [-0.39, 0.29) is 11.8 Å². The van der Waals surface area contributed by atoms with Gasteiger partial charge in [0.25, 0.3) is 5.91 Å². The molecular weight excluding hydrogens is 266 g/mol. The van der Waals surface area contributed by atoms with E-state index in [0.29, 0.717) is 11.6 Å². The monoisotopic (exact) mass is 289 g/mol. The first-order valence-corrected chi connectivity index (χ1v) is 7.31. The highest BCUT2D eigenvalue weighted by Gasteiger charge is 2.20. The number of carbonyl (C=O) groups excluding carboxylic acids is 2. The number of piperidine rings is 1. The number of anilines is 1. The summed E-state index contributed by atoms with van der Waals surface area (Å²) in [6, 6.07) is 7.95. The minimum absolute atomic E-state index is 0.0105. The number of likely N-dealkylation sites (tertiary alicyclic amines) is 1. The standard InChI is InChI=1S/C16H23N3O2/c1-12(20)19-10-8-15(9-11-19)17-14-6-4-13(5-7-14)16(21)18(2)3/h4-7,15,17H,8-11H2,1-3H3. The molecule has 1 fully saturated rings. The van der Waals surface area contributed by atoms with E-state index in [2.05, 4.69) is 5.32 Å². The van der Waals surface area contributed by atoms with Crippen LogP contribution in [0.25, 0.3) is 0 Å². The highest BCUT2D eigenvalue weighted by Crippen LogP contribution is 2.17. The first-order valence-electron chi connectivity index (χ1n) is 7.31. The van der Waals surface area contributed by atoms with E-state index in [1.165, 1.54) is 0 Å². The predicted octanol–water partition coefficient (Wildman–Crippen LogP) is 1.81. The average Bonchev–Trinajstić information content (AvgIpc) is 2.47. The Kier molecular flexibility index (Phi) is 4.83. The third kappa shape index (κ3) is 3.97. The Morgan fingerprint density at radius 2 is 1.71 bits per heavy atom. The second-order valence-corrected chi connectivity index (χ2v) is 5.70. The fourth-order valence-corrected chi connectivity index (χ4v) is 2.54. The van der Waals surface area contributed by atoms with Crippen molar-refractivity contribution >= 4 is 17.5 Å². The van der Waals surface area contributed by atoms with Gasteiger partial charge in [-0.25, -0.2) is 0 Å². The first-order chi connectivity index (χ1) is 9.97. The molecule has 21 heavy (non-hydrogen) atoms. The summed E-state index contributed by atoms with van der Waals surface area (Å²) in [6.45, 7) is 3.24. The van der Waals surface area contributed by atoms with Gasteiger partial charge in [0.2, 0.25) is 5.91 Å². The number of carbonyl (C=O) groups is 2. The van der Waals surface area contributed by atoms with E-state index in [1.54, 1.807) is 25.9 Å². The molecule has 2 amide bonds. The quantitative estimate of drug-likeness (QED) is 0.923. The zero-order chi connectivity index (χ0) is 15.4. The lowest BCUT2D eigenvalue weighted by molar-refractivity contribution is -0.129. The zero-order valence-corrected chi connectivity index (χ0v) is 12.9. The SMILES string of the molecule is CC(=O)N1CCC(Nc2ccc(C(=O)N(C)C)cc2)CC1.